The van der Waals surface area contributed by atoms with Gasteiger partial charge in [-0.05, 0) is 18.2 Å². The second-order valence-corrected chi connectivity index (χ2v) is 3.43. The highest BCUT2D eigenvalue weighted by Gasteiger charge is 2.20. The van der Waals surface area contributed by atoms with Crippen LogP contribution in [0.5, 0.6) is 0 Å². The molecule has 1 aromatic carbocycles. The smallest absolute Gasteiger partial charge is 0.414 e. The summed E-state index contributed by atoms with van der Waals surface area (Å²) in [5, 5.41) is 9.21. The molecule has 4 nitrogen and oxygen atoms in total. The van der Waals surface area contributed by atoms with E-state index in [2.05, 4.69) is 6.58 Å². The van der Waals surface area contributed by atoms with Gasteiger partial charge in [0.25, 0.3) is 5.91 Å². The van der Waals surface area contributed by atoms with Crippen LogP contribution >= 0.6 is 11.6 Å². The van der Waals surface area contributed by atoms with Crippen molar-refractivity contribution in [2.45, 2.75) is 0 Å². The number of amides is 2. The summed E-state index contributed by atoms with van der Waals surface area (Å²) in [7, 11) is 0. The molecule has 0 bridgehead atoms. The highest BCUT2D eigenvalue weighted by molar-refractivity contribution is 6.31. The first-order chi connectivity index (χ1) is 7.56. The van der Waals surface area contributed by atoms with Gasteiger partial charge in [0.1, 0.15) is 0 Å². The van der Waals surface area contributed by atoms with Crippen LogP contribution in [-0.2, 0) is 0 Å². The maximum atomic E-state index is 11.8. The van der Waals surface area contributed by atoms with Gasteiger partial charge in [-0.25, -0.2) is 9.69 Å². The van der Waals surface area contributed by atoms with Crippen LogP contribution in [0.2, 0.25) is 5.02 Å². The first-order valence-corrected chi connectivity index (χ1v) is 4.85. The maximum Gasteiger partial charge on any atom is 0.414 e. The summed E-state index contributed by atoms with van der Waals surface area (Å²) in [6, 6.07) is 6.12. The van der Waals surface area contributed by atoms with Crippen LogP contribution in [0.1, 0.15) is 10.4 Å². The number of benzene rings is 1. The van der Waals surface area contributed by atoms with Gasteiger partial charge in [0.05, 0.1) is 6.54 Å². The van der Waals surface area contributed by atoms with Crippen molar-refractivity contribution in [2.24, 2.45) is 0 Å². The standard InChI is InChI=1S/C11H10ClNO3/c1-2-6-13(11(15)16)10(14)8-4-3-5-9(12)7-8/h2-5,7H,1,6H2,(H,15,16). The molecule has 0 aliphatic heterocycles. The summed E-state index contributed by atoms with van der Waals surface area (Å²) < 4.78 is 0. The van der Waals surface area contributed by atoms with E-state index < -0.39 is 12.0 Å². The largest absolute Gasteiger partial charge is 0.465 e. The van der Waals surface area contributed by atoms with E-state index in [4.69, 9.17) is 16.7 Å². The Morgan fingerprint density at radius 1 is 1.50 bits per heavy atom. The molecule has 0 spiro atoms. The van der Waals surface area contributed by atoms with E-state index in [1.54, 1.807) is 12.1 Å². The monoisotopic (exact) mass is 239 g/mol. The molecular weight excluding hydrogens is 230 g/mol. The molecule has 0 aromatic heterocycles. The lowest BCUT2D eigenvalue weighted by Gasteiger charge is -2.15. The predicted octanol–water partition coefficient (Wildman–Crippen LogP) is 2.65. The molecule has 0 aliphatic rings. The van der Waals surface area contributed by atoms with E-state index in [-0.39, 0.29) is 12.1 Å². The minimum absolute atomic E-state index is 0.0549. The molecule has 1 N–H and O–H groups in total. The number of halogens is 1. The number of hydrogen-bond acceptors (Lipinski definition) is 2. The Bertz CT molecular complexity index is 431. The van der Waals surface area contributed by atoms with E-state index in [0.717, 1.165) is 0 Å². The Hall–Kier alpha value is -1.81. The minimum atomic E-state index is -1.31. The van der Waals surface area contributed by atoms with Crippen LogP contribution in [0.3, 0.4) is 0 Å². The first kappa shape index (κ1) is 12.3. The fourth-order valence-electron chi connectivity index (χ4n) is 1.15. The Labute approximate surface area is 97.7 Å². The number of carbonyl (C=O) groups is 2. The number of imide groups is 1. The minimum Gasteiger partial charge on any atom is -0.465 e. The second-order valence-electron chi connectivity index (χ2n) is 3.00. The first-order valence-electron chi connectivity index (χ1n) is 4.47. The summed E-state index contributed by atoms with van der Waals surface area (Å²) in [6.45, 7) is 3.34. The number of nitrogens with zero attached hydrogens (tertiary/aromatic N) is 1. The van der Waals surface area contributed by atoms with Crippen molar-refractivity contribution >= 4 is 23.6 Å². The molecule has 0 unspecified atom stereocenters. The van der Waals surface area contributed by atoms with Crippen LogP contribution in [0.4, 0.5) is 4.79 Å². The number of carboxylic acid groups (broad SMARTS) is 1. The number of rotatable bonds is 3. The molecule has 0 fully saturated rings. The van der Waals surface area contributed by atoms with Gasteiger partial charge < -0.3 is 5.11 Å². The number of hydrogen-bond donors (Lipinski definition) is 1. The van der Waals surface area contributed by atoms with Crippen molar-refractivity contribution in [1.29, 1.82) is 0 Å². The zero-order valence-electron chi connectivity index (χ0n) is 8.39. The summed E-state index contributed by atoms with van der Waals surface area (Å²) in [4.78, 5) is 23.2. The molecule has 0 radical (unpaired) electrons. The van der Waals surface area contributed by atoms with Crippen LogP contribution in [0, 0.1) is 0 Å². The van der Waals surface area contributed by atoms with E-state index >= 15 is 0 Å². The van der Waals surface area contributed by atoms with Gasteiger partial charge in [0.2, 0.25) is 0 Å². The van der Waals surface area contributed by atoms with Crippen LogP contribution in [0.25, 0.3) is 0 Å². The molecule has 5 heteroatoms. The van der Waals surface area contributed by atoms with E-state index in [1.165, 1.54) is 18.2 Å². The molecule has 1 rings (SSSR count). The quantitative estimate of drug-likeness (QED) is 0.825. The van der Waals surface area contributed by atoms with Crippen LogP contribution < -0.4 is 0 Å². The Morgan fingerprint density at radius 2 is 2.19 bits per heavy atom. The summed E-state index contributed by atoms with van der Waals surface area (Å²) >= 11 is 5.71. The molecule has 84 valence electrons. The lowest BCUT2D eigenvalue weighted by atomic mass is 10.2. The molecular formula is C11H10ClNO3. The third-order valence-electron chi connectivity index (χ3n) is 1.86. The van der Waals surface area contributed by atoms with Gasteiger partial charge in [0, 0.05) is 10.6 Å². The van der Waals surface area contributed by atoms with Gasteiger partial charge in [-0.15, -0.1) is 6.58 Å². The van der Waals surface area contributed by atoms with Gasteiger partial charge in [-0.1, -0.05) is 23.7 Å². The SMILES string of the molecule is C=CCN(C(=O)O)C(=O)c1cccc(Cl)c1. The molecule has 0 saturated heterocycles. The lowest BCUT2D eigenvalue weighted by Crippen LogP contribution is -2.35. The average molecular weight is 240 g/mol. The lowest BCUT2D eigenvalue weighted by molar-refractivity contribution is 0.0760. The van der Waals surface area contributed by atoms with Crippen molar-refractivity contribution in [3.8, 4) is 0 Å². The molecule has 0 saturated carbocycles. The number of carbonyl (C=O) groups excluding carboxylic acids is 1. The van der Waals surface area contributed by atoms with Crippen molar-refractivity contribution in [3.05, 3.63) is 47.5 Å². The Balaban J connectivity index is 2.98. The zero-order valence-corrected chi connectivity index (χ0v) is 9.15. The van der Waals surface area contributed by atoms with Gasteiger partial charge in [-0.3, -0.25) is 4.79 Å². The molecule has 16 heavy (non-hydrogen) atoms. The highest BCUT2D eigenvalue weighted by atomic mass is 35.5. The summed E-state index contributed by atoms with van der Waals surface area (Å²) in [6.07, 6.45) is 0.0289. The summed E-state index contributed by atoms with van der Waals surface area (Å²) in [5.41, 5.74) is 0.233. The topological polar surface area (TPSA) is 57.6 Å². The molecule has 1 aromatic rings. The zero-order chi connectivity index (χ0) is 12.1. The molecule has 0 atom stereocenters. The second kappa shape index (κ2) is 5.32. The van der Waals surface area contributed by atoms with Gasteiger partial charge >= 0.3 is 6.09 Å². The van der Waals surface area contributed by atoms with Crippen molar-refractivity contribution in [1.82, 2.24) is 4.90 Å². The van der Waals surface area contributed by atoms with Crippen molar-refractivity contribution in [3.63, 3.8) is 0 Å². The maximum absolute atomic E-state index is 11.8. The molecule has 0 heterocycles. The predicted molar refractivity (Wildman–Crippen MR) is 60.7 cm³/mol. The molecule has 2 amide bonds. The van der Waals surface area contributed by atoms with Crippen LogP contribution in [0.15, 0.2) is 36.9 Å². The molecule has 0 aliphatic carbocycles. The fraction of sp³-hybridized carbons (Fsp3) is 0.0909. The van der Waals surface area contributed by atoms with E-state index in [0.29, 0.717) is 9.92 Å². The van der Waals surface area contributed by atoms with Gasteiger partial charge in [-0.2, -0.15) is 0 Å². The highest BCUT2D eigenvalue weighted by Crippen LogP contribution is 2.12. The third kappa shape index (κ3) is 2.84. The van der Waals surface area contributed by atoms with E-state index in [1.807, 2.05) is 0 Å². The third-order valence-corrected chi connectivity index (χ3v) is 2.09. The van der Waals surface area contributed by atoms with Crippen LogP contribution in [-0.4, -0.2) is 28.6 Å². The Morgan fingerprint density at radius 3 is 2.69 bits per heavy atom. The van der Waals surface area contributed by atoms with Crippen molar-refractivity contribution in [2.75, 3.05) is 6.54 Å². The fourth-order valence-corrected chi connectivity index (χ4v) is 1.34. The van der Waals surface area contributed by atoms with Gasteiger partial charge in [0.15, 0.2) is 0 Å². The van der Waals surface area contributed by atoms with E-state index in [9.17, 15) is 9.59 Å². The average Bonchev–Trinajstić information content (AvgIpc) is 2.24. The normalized spacial score (nSPS) is 9.56. The van der Waals surface area contributed by atoms with Crippen molar-refractivity contribution < 1.29 is 14.7 Å². The Kier molecular flexibility index (Phi) is 4.08. The summed E-state index contributed by atoms with van der Waals surface area (Å²) in [5.74, 6) is -0.616.